The molecule has 6 nitrogen and oxygen atoms in total. The summed E-state index contributed by atoms with van der Waals surface area (Å²) in [6, 6.07) is 5.75. The highest BCUT2D eigenvalue weighted by atomic mass is 79.9. The Balaban J connectivity index is 2.04. The molecular formula is C12H8BrNO5S. The average Bonchev–Trinajstić information content (AvgIpc) is 2.88. The number of halogens is 1. The quantitative estimate of drug-likeness (QED) is 0.513. The fraction of sp³-hybridized carbons (Fsp3) is 0.0833. The summed E-state index contributed by atoms with van der Waals surface area (Å²) in [5, 5.41) is 21.6. The maximum Gasteiger partial charge on any atom is 0.342 e. The molecule has 2 rings (SSSR count). The van der Waals surface area contributed by atoms with Crippen LogP contribution in [0.1, 0.15) is 15.9 Å². The van der Waals surface area contributed by atoms with Crippen molar-refractivity contribution in [2.45, 2.75) is 6.61 Å². The Bertz CT molecular complexity index is 670. The maximum absolute atomic E-state index is 11.8. The first-order chi connectivity index (χ1) is 9.47. The molecule has 0 aliphatic rings. The van der Waals surface area contributed by atoms with Crippen molar-refractivity contribution in [3.05, 3.63) is 55.4 Å². The number of aromatic hydroxyl groups is 1. The molecule has 104 valence electrons. The molecule has 1 heterocycles. The van der Waals surface area contributed by atoms with E-state index in [9.17, 15) is 20.0 Å². The van der Waals surface area contributed by atoms with E-state index in [1.54, 1.807) is 11.4 Å². The van der Waals surface area contributed by atoms with Gasteiger partial charge in [-0.3, -0.25) is 10.1 Å². The number of hydrogen-bond donors (Lipinski definition) is 1. The molecule has 8 heteroatoms. The zero-order valence-corrected chi connectivity index (χ0v) is 12.3. The smallest absolute Gasteiger partial charge is 0.342 e. The van der Waals surface area contributed by atoms with Crippen LogP contribution < -0.4 is 0 Å². The number of esters is 1. The van der Waals surface area contributed by atoms with Crippen LogP contribution in [-0.4, -0.2) is 16.0 Å². The summed E-state index contributed by atoms with van der Waals surface area (Å²) in [5.41, 5.74) is 0.564. The summed E-state index contributed by atoms with van der Waals surface area (Å²) < 4.78 is 5.64. The van der Waals surface area contributed by atoms with Gasteiger partial charge in [-0.1, -0.05) is 27.3 Å². The van der Waals surface area contributed by atoms with Gasteiger partial charge in [0.05, 0.1) is 4.92 Å². The average molecular weight is 358 g/mol. The monoisotopic (exact) mass is 357 g/mol. The Hall–Kier alpha value is -1.93. The zero-order chi connectivity index (χ0) is 14.7. The van der Waals surface area contributed by atoms with E-state index in [1.165, 1.54) is 18.2 Å². The minimum Gasteiger partial charge on any atom is -0.507 e. The molecule has 0 aliphatic heterocycles. The van der Waals surface area contributed by atoms with Crippen LogP contribution in [0.2, 0.25) is 0 Å². The van der Waals surface area contributed by atoms with E-state index in [-0.39, 0.29) is 22.9 Å². The third kappa shape index (κ3) is 3.34. The number of carbonyl (C=O) groups excluding carboxylic acids is 1. The highest BCUT2D eigenvalue weighted by Crippen LogP contribution is 2.25. The van der Waals surface area contributed by atoms with Crippen LogP contribution in [-0.2, 0) is 11.3 Å². The number of rotatable bonds is 4. The van der Waals surface area contributed by atoms with Crippen LogP contribution in [0, 0.1) is 10.1 Å². The molecule has 0 radical (unpaired) electrons. The lowest BCUT2D eigenvalue weighted by molar-refractivity contribution is -0.380. The lowest BCUT2D eigenvalue weighted by Gasteiger charge is -2.05. The Morgan fingerprint density at radius 2 is 2.20 bits per heavy atom. The summed E-state index contributed by atoms with van der Waals surface area (Å²) in [6.45, 7) is -0.0882. The van der Waals surface area contributed by atoms with Gasteiger partial charge in [0.1, 0.15) is 17.9 Å². The summed E-state index contributed by atoms with van der Waals surface area (Å²) in [6.07, 6.45) is 0. The number of hydrogen-bond acceptors (Lipinski definition) is 6. The standard InChI is InChI=1S/C12H8BrNO5S/c13-8-1-2-10(15)9(4-8)12(16)19-5-7-3-11(14(17)18)20-6-7/h1-4,6,15H,5H2. The molecule has 1 aromatic heterocycles. The second-order valence-electron chi connectivity index (χ2n) is 3.79. The Morgan fingerprint density at radius 3 is 2.85 bits per heavy atom. The lowest BCUT2D eigenvalue weighted by atomic mass is 10.2. The van der Waals surface area contributed by atoms with Gasteiger partial charge in [-0.25, -0.2) is 4.79 Å². The molecule has 2 aromatic rings. The van der Waals surface area contributed by atoms with Crippen molar-refractivity contribution in [3.8, 4) is 5.75 Å². The fourth-order valence-electron chi connectivity index (χ4n) is 1.43. The van der Waals surface area contributed by atoms with Crippen molar-refractivity contribution in [1.29, 1.82) is 0 Å². The Morgan fingerprint density at radius 1 is 1.45 bits per heavy atom. The third-order valence-corrected chi connectivity index (χ3v) is 3.79. The van der Waals surface area contributed by atoms with E-state index in [0.29, 0.717) is 10.0 Å². The number of benzene rings is 1. The van der Waals surface area contributed by atoms with Crippen LogP contribution >= 0.6 is 27.3 Å². The van der Waals surface area contributed by atoms with Crippen molar-refractivity contribution in [2.24, 2.45) is 0 Å². The molecule has 0 atom stereocenters. The minimum atomic E-state index is -0.697. The van der Waals surface area contributed by atoms with Gasteiger partial charge in [-0.15, -0.1) is 0 Å². The van der Waals surface area contributed by atoms with Crippen LogP contribution in [0.3, 0.4) is 0 Å². The van der Waals surface area contributed by atoms with Gasteiger partial charge in [-0.05, 0) is 18.2 Å². The molecule has 20 heavy (non-hydrogen) atoms. The van der Waals surface area contributed by atoms with Crippen molar-refractivity contribution >= 4 is 38.2 Å². The summed E-state index contributed by atoms with van der Waals surface area (Å²) in [5.74, 6) is -0.882. The van der Waals surface area contributed by atoms with Gasteiger partial charge in [0.2, 0.25) is 0 Å². The van der Waals surface area contributed by atoms with Crippen molar-refractivity contribution in [3.63, 3.8) is 0 Å². The predicted octanol–water partition coefficient (Wildman–Crippen LogP) is 3.48. The van der Waals surface area contributed by atoms with Gasteiger partial charge >= 0.3 is 11.0 Å². The number of carbonyl (C=O) groups is 1. The van der Waals surface area contributed by atoms with Crippen LogP contribution in [0.25, 0.3) is 0 Å². The minimum absolute atomic E-state index is 0.0126. The Kier molecular flexibility index (Phi) is 4.35. The first-order valence-corrected chi connectivity index (χ1v) is 7.02. The number of thiophene rings is 1. The summed E-state index contributed by atoms with van der Waals surface area (Å²) in [7, 11) is 0. The second-order valence-corrected chi connectivity index (χ2v) is 5.59. The topological polar surface area (TPSA) is 89.7 Å². The van der Waals surface area contributed by atoms with Gasteiger partial charge < -0.3 is 9.84 Å². The first-order valence-electron chi connectivity index (χ1n) is 5.35. The van der Waals surface area contributed by atoms with Crippen LogP contribution in [0.4, 0.5) is 5.00 Å². The molecule has 0 saturated heterocycles. The lowest BCUT2D eigenvalue weighted by Crippen LogP contribution is -2.05. The molecule has 0 saturated carbocycles. The number of phenolic OH excluding ortho intramolecular Hbond substituents is 1. The van der Waals surface area contributed by atoms with E-state index in [4.69, 9.17) is 4.74 Å². The molecule has 0 fully saturated rings. The van der Waals surface area contributed by atoms with Crippen molar-refractivity contribution in [1.82, 2.24) is 0 Å². The number of phenols is 1. The molecular weight excluding hydrogens is 350 g/mol. The largest absolute Gasteiger partial charge is 0.507 e. The number of nitrogens with zero attached hydrogens (tertiary/aromatic N) is 1. The van der Waals surface area contributed by atoms with E-state index >= 15 is 0 Å². The molecule has 0 aliphatic carbocycles. The van der Waals surface area contributed by atoms with E-state index in [1.807, 2.05) is 0 Å². The van der Waals surface area contributed by atoms with E-state index in [0.717, 1.165) is 11.3 Å². The SMILES string of the molecule is O=C(OCc1csc([N+](=O)[O-])c1)c1cc(Br)ccc1O. The van der Waals surface area contributed by atoms with Crippen LogP contribution in [0.15, 0.2) is 34.1 Å². The van der Waals surface area contributed by atoms with Gasteiger partial charge in [0.15, 0.2) is 0 Å². The second kappa shape index (κ2) is 6.02. The normalized spacial score (nSPS) is 10.2. The summed E-state index contributed by atoms with van der Waals surface area (Å²) >= 11 is 4.15. The number of nitro groups is 1. The van der Waals surface area contributed by atoms with Crippen LogP contribution in [0.5, 0.6) is 5.75 Å². The maximum atomic E-state index is 11.8. The summed E-state index contributed by atoms with van der Waals surface area (Å²) in [4.78, 5) is 21.8. The molecule has 0 bridgehead atoms. The molecule has 0 amide bonds. The molecule has 0 unspecified atom stereocenters. The Labute approximate surface area is 125 Å². The predicted molar refractivity (Wildman–Crippen MR) is 75.9 cm³/mol. The van der Waals surface area contributed by atoms with E-state index < -0.39 is 10.9 Å². The van der Waals surface area contributed by atoms with Crippen molar-refractivity contribution < 1.29 is 19.6 Å². The molecule has 1 aromatic carbocycles. The highest BCUT2D eigenvalue weighted by molar-refractivity contribution is 9.10. The molecule has 1 N–H and O–H groups in total. The van der Waals surface area contributed by atoms with Crippen molar-refractivity contribution in [2.75, 3.05) is 0 Å². The van der Waals surface area contributed by atoms with E-state index in [2.05, 4.69) is 15.9 Å². The van der Waals surface area contributed by atoms with Gasteiger partial charge in [0, 0.05) is 21.5 Å². The van der Waals surface area contributed by atoms with Gasteiger partial charge in [-0.2, -0.15) is 0 Å². The highest BCUT2D eigenvalue weighted by Gasteiger charge is 2.15. The number of ether oxygens (including phenoxy) is 1. The first kappa shape index (κ1) is 14.5. The fourth-order valence-corrected chi connectivity index (χ4v) is 2.51. The van der Waals surface area contributed by atoms with Gasteiger partial charge in [0.25, 0.3) is 0 Å². The zero-order valence-electron chi connectivity index (χ0n) is 9.91. The molecule has 0 spiro atoms. The third-order valence-electron chi connectivity index (χ3n) is 2.37.